The summed E-state index contributed by atoms with van der Waals surface area (Å²) in [5, 5.41) is 0. The third kappa shape index (κ3) is 3.67. The number of nitrogen functional groups attached to an aromatic ring is 1. The van der Waals surface area contributed by atoms with Gasteiger partial charge in [-0.15, -0.1) is 0 Å². The molecule has 90 valence electrons. The molecule has 1 heterocycles. The minimum Gasteiger partial charge on any atom is -0.383 e. The second kappa shape index (κ2) is 6.09. The molecule has 0 aliphatic carbocycles. The molecule has 4 heteroatoms. The Balaban J connectivity index is 2.70. The van der Waals surface area contributed by atoms with Gasteiger partial charge in [-0.25, -0.2) is 9.97 Å². The predicted octanol–water partition coefficient (Wildman–Crippen LogP) is 2.82. The standard InChI is InChI=1S/C12H21N3S/c1-5-10-9(4)12(13)15-11(14-10)7-16-6-8(2)3/h8H,5-7H2,1-4H3,(H2,13,14,15). The SMILES string of the molecule is CCc1nc(CSCC(C)C)nc(N)c1C. The first-order valence-corrected chi connectivity index (χ1v) is 6.89. The lowest BCUT2D eigenvalue weighted by Gasteiger charge is -2.09. The van der Waals surface area contributed by atoms with E-state index in [1.807, 2.05) is 18.7 Å². The Morgan fingerprint density at radius 2 is 2.00 bits per heavy atom. The molecule has 0 saturated heterocycles. The summed E-state index contributed by atoms with van der Waals surface area (Å²) in [5.41, 5.74) is 7.97. The van der Waals surface area contributed by atoms with Gasteiger partial charge in [-0.3, -0.25) is 0 Å². The van der Waals surface area contributed by atoms with Crippen LogP contribution in [0.4, 0.5) is 5.82 Å². The van der Waals surface area contributed by atoms with E-state index in [1.54, 1.807) is 0 Å². The second-order valence-corrected chi connectivity index (χ2v) is 5.39. The maximum absolute atomic E-state index is 5.87. The summed E-state index contributed by atoms with van der Waals surface area (Å²) in [6.45, 7) is 8.52. The Bertz CT molecular complexity index is 350. The van der Waals surface area contributed by atoms with E-state index in [0.29, 0.717) is 11.7 Å². The van der Waals surface area contributed by atoms with E-state index in [2.05, 4.69) is 30.7 Å². The van der Waals surface area contributed by atoms with Gasteiger partial charge in [0.15, 0.2) is 0 Å². The molecular formula is C12H21N3S. The Kier molecular flexibility index (Phi) is 5.06. The monoisotopic (exact) mass is 239 g/mol. The van der Waals surface area contributed by atoms with E-state index >= 15 is 0 Å². The van der Waals surface area contributed by atoms with Crippen molar-refractivity contribution in [3.05, 3.63) is 17.1 Å². The first-order valence-electron chi connectivity index (χ1n) is 5.74. The summed E-state index contributed by atoms with van der Waals surface area (Å²) in [5.74, 6) is 4.20. The van der Waals surface area contributed by atoms with Gasteiger partial charge in [0.2, 0.25) is 0 Å². The van der Waals surface area contributed by atoms with Crippen LogP contribution in [0.1, 0.15) is 37.9 Å². The van der Waals surface area contributed by atoms with E-state index in [-0.39, 0.29) is 0 Å². The molecule has 0 aliphatic rings. The van der Waals surface area contributed by atoms with Gasteiger partial charge in [-0.05, 0) is 25.0 Å². The Labute approximate surface area is 102 Å². The van der Waals surface area contributed by atoms with E-state index < -0.39 is 0 Å². The van der Waals surface area contributed by atoms with Gasteiger partial charge in [0, 0.05) is 11.3 Å². The number of anilines is 1. The molecule has 0 amide bonds. The lowest BCUT2D eigenvalue weighted by Crippen LogP contribution is -2.06. The second-order valence-electron chi connectivity index (χ2n) is 4.36. The summed E-state index contributed by atoms with van der Waals surface area (Å²) in [4.78, 5) is 8.86. The highest BCUT2D eigenvalue weighted by molar-refractivity contribution is 7.98. The number of aromatic nitrogens is 2. The molecule has 2 N–H and O–H groups in total. The van der Waals surface area contributed by atoms with Crippen molar-refractivity contribution in [2.75, 3.05) is 11.5 Å². The van der Waals surface area contributed by atoms with Crippen LogP contribution < -0.4 is 5.73 Å². The zero-order valence-corrected chi connectivity index (χ0v) is 11.4. The minimum absolute atomic E-state index is 0.631. The maximum atomic E-state index is 5.87. The van der Waals surface area contributed by atoms with Crippen molar-refractivity contribution >= 4 is 17.6 Å². The Morgan fingerprint density at radius 3 is 2.56 bits per heavy atom. The molecular weight excluding hydrogens is 218 g/mol. The third-order valence-corrected chi connectivity index (χ3v) is 3.71. The summed E-state index contributed by atoms with van der Waals surface area (Å²) in [7, 11) is 0. The van der Waals surface area contributed by atoms with Crippen LogP contribution in [0.25, 0.3) is 0 Å². The molecule has 0 spiro atoms. The number of nitrogens with zero attached hydrogens (tertiary/aromatic N) is 2. The van der Waals surface area contributed by atoms with Crippen molar-refractivity contribution in [1.82, 2.24) is 9.97 Å². The highest BCUT2D eigenvalue weighted by Gasteiger charge is 2.07. The van der Waals surface area contributed by atoms with Crippen molar-refractivity contribution in [3.8, 4) is 0 Å². The topological polar surface area (TPSA) is 51.8 Å². The molecule has 0 atom stereocenters. The molecule has 0 bridgehead atoms. The van der Waals surface area contributed by atoms with Crippen LogP contribution in [-0.4, -0.2) is 15.7 Å². The van der Waals surface area contributed by atoms with Gasteiger partial charge in [-0.2, -0.15) is 11.8 Å². The molecule has 0 aromatic carbocycles. The lowest BCUT2D eigenvalue weighted by atomic mass is 10.2. The molecule has 1 aromatic rings. The van der Waals surface area contributed by atoms with Crippen molar-refractivity contribution < 1.29 is 0 Å². The van der Waals surface area contributed by atoms with E-state index in [4.69, 9.17) is 5.73 Å². The van der Waals surface area contributed by atoms with E-state index in [0.717, 1.165) is 35.0 Å². The maximum Gasteiger partial charge on any atom is 0.140 e. The third-order valence-electron chi connectivity index (χ3n) is 2.35. The summed E-state index contributed by atoms with van der Waals surface area (Å²) >= 11 is 1.87. The zero-order valence-electron chi connectivity index (χ0n) is 10.6. The summed E-state index contributed by atoms with van der Waals surface area (Å²) in [6.07, 6.45) is 0.917. The summed E-state index contributed by atoms with van der Waals surface area (Å²) in [6, 6.07) is 0. The van der Waals surface area contributed by atoms with Gasteiger partial charge in [0.25, 0.3) is 0 Å². The lowest BCUT2D eigenvalue weighted by molar-refractivity contribution is 0.749. The zero-order chi connectivity index (χ0) is 12.1. The molecule has 0 radical (unpaired) electrons. The quantitative estimate of drug-likeness (QED) is 0.858. The Hall–Kier alpha value is -0.770. The molecule has 3 nitrogen and oxygen atoms in total. The average molecular weight is 239 g/mol. The highest BCUT2D eigenvalue weighted by atomic mass is 32.2. The number of aryl methyl sites for hydroxylation is 1. The van der Waals surface area contributed by atoms with Crippen molar-refractivity contribution in [2.24, 2.45) is 5.92 Å². The molecule has 0 unspecified atom stereocenters. The fraction of sp³-hybridized carbons (Fsp3) is 0.667. The molecule has 0 fully saturated rings. The van der Waals surface area contributed by atoms with Gasteiger partial charge in [-0.1, -0.05) is 20.8 Å². The van der Waals surface area contributed by atoms with Crippen LogP contribution in [-0.2, 0) is 12.2 Å². The van der Waals surface area contributed by atoms with Crippen LogP contribution in [0, 0.1) is 12.8 Å². The van der Waals surface area contributed by atoms with Crippen molar-refractivity contribution in [1.29, 1.82) is 0 Å². The first kappa shape index (κ1) is 13.3. The van der Waals surface area contributed by atoms with Crippen LogP contribution in [0.15, 0.2) is 0 Å². The molecule has 0 aliphatic heterocycles. The summed E-state index contributed by atoms with van der Waals surface area (Å²) < 4.78 is 0. The number of nitrogens with two attached hydrogens (primary N) is 1. The molecule has 0 saturated carbocycles. The number of hydrogen-bond donors (Lipinski definition) is 1. The minimum atomic E-state index is 0.631. The first-order chi connectivity index (χ1) is 7.54. The number of hydrogen-bond acceptors (Lipinski definition) is 4. The van der Waals surface area contributed by atoms with Crippen LogP contribution >= 0.6 is 11.8 Å². The number of thioether (sulfide) groups is 1. The Morgan fingerprint density at radius 1 is 1.31 bits per heavy atom. The van der Waals surface area contributed by atoms with Gasteiger partial charge >= 0.3 is 0 Å². The van der Waals surface area contributed by atoms with Gasteiger partial charge in [0.05, 0.1) is 5.75 Å². The molecule has 16 heavy (non-hydrogen) atoms. The average Bonchev–Trinajstić information content (AvgIpc) is 2.22. The molecule has 1 aromatic heterocycles. The fourth-order valence-corrected chi connectivity index (χ4v) is 2.33. The molecule has 1 rings (SSSR count). The van der Waals surface area contributed by atoms with Crippen molar-refractivity contribution in [2.45, 2.75) is 39.9 Å². The normalized spacial score (nSPS) is 11.1. The largest absolute Gasteiger partial charge is 0.383 e. The predicted molar refractivity (Wildman–Crippen MR) is 71.6 cm³/mol. The van der Waals surface area contributed by atoms with Gasteiger partial charge in [0.1, 0.15) is 11.6 Å². The van der Waals surface area contributed by atoms with E-state index in [1.165, 1.54) is 0 Å². The fourth-order valence-electron chi connectivity index (χ4n) is 1.43. The van der Waals surface area contributed by atoms with Gasteiger partial charge < -0.3 is 5.73 Å². The smallest absolute Gasteiger partial charge is 0.140 e. The van der Waals surface area contributed by atoms with Crippen molar-refractivity contribution in [3.63, 3.8) is 0 Å². The number of rotatable bonds is 5. The van der Waals surface area contributed by atoms with E-state index in [9.17, 15) is 0 Å². The highest BCUT2D eigenvalue weighted by Crippen LogP contribution is 2.17. The van der Waals surface area contributed by atoms with Crippen LogP contribution in [0.3, 0.4) is 0 Å². The van der Waals surface area contributed by atoms with Crippen LogP contribution in [0.2, 0.25) is 0 Å². The van der Waals surface area contributed by atoms with Crippen LogP contribution in [0.5, 0.6) is 0 Å².